The number of nitrogens with one attached hydrogen (secondary N) is 1. The number of hydrogen-bond acceptors (Lipinski definition) is 1. The number of hydrogen-bond donors (Lipinski definition) is 1. The first-order valence-corrected chi connectivity index (χ1v) is 6.52. The summed E-state index contributed by atoms with van der Waals surface area (Å²) in [5.41, 5.74) is 1.52. The number of fused-ring (bicyclic) bond motifs is 1. The molecule has 0 bridgehead atoms. The fourth-order valence-electron chi connectivity index (χ4n) is 2.08. The van der Waals surface area contributed by atoms with Crippen LogP contribution in [0.2, 0.25) is 0 Å². The van der Waals surface area contributed by atoms with Crippen LogP contribution in [0.5, 0.6) is 0 Å². The summed E-state index contributed by atoms with van der Waals surface area (Å²) in [5.74, 6) is -0.580. The van der Waals surface area contributed by atoms with Crippen LogP contribution >= 0.6 is 15.9 Å². The number of H-pyrrole nitrogens is 1. The van der Waals surface area contributed by atoms with E-state index in [2.05, 4.69) is 20.9 Å². The zero-order valence-electron chi connectivity index (χ0n) is 9.78. The van der Waals surface area contributed by atoms with Gasteiger partial charge in [-0.1, -0.05) is 22.0 Å². The van der Waals surface area contributed by atoms with E-state index < -0.39 is 0 Å². The van der Waals surface area contributed by atoms with E-state index in [1.54, 1.807) is 42.6 Å². The molecule has 0 atom stereocenters. The van der Waals surface area contributed by atoms with E-state index in [4.69, 9.17) is 0 Å². The molecular formula is C15H9BrFNO. The van der Waals surface area contributed by atoms with E-state index >= 15 is 0 Å². The van der Waals surface area contributed by atoms with Crippen LogP contribution in [-0.2, 0) is 0 Å². The van der Waals surface area contributed by atoms with Crippen molar-refractivity contribution in [2.75, 3.05) is 0 Å². The van der Waals surface area contributed by atoms with Gasteiger partial charge in [0.1, 0.15) is 5.82 Å². The molecule has 0 radical (unpaired) electrons. The third kappa shape index (κ3) is 2.08. The molecule has 0 saturated heterocycles. The fraction of sp³-hybridized carbons (Fsp3) is 0. The minimum absolute atomic E-state index is 0.191. The Morgan fingerprint density at radius 3 is 2.58 bits per heavy atom. The average Bonchev–Trinajstić information content (AvgIpc) is 2.84. The molecule has 0 unspecified atom stereocenters. The summed E-state index contributed by atoms with van der Waals surface area (Å²) in [4.78, 5) is 15.3. The predicted molar refractivity (Wildman–Crippen MR) is 75.8 cm³/mol. The Morgan fingerprint density at radius 2 is 1.84 bits per heavy atom. The minimum Gasteiger partial charge on any atom is -0.360 e. The highest BCUT2D eigenvalue weighted by atomic mass is 79.9. The van der Waals surface area contributed by atoms with Gasteiger partial charge in [0.2, 0.25) is 0 Å². The van der Waals surface area contributed by atoms with Crippen molar-refractivity contribution in [3.05, 3.63) is 70.1 Å². The molecule has 1 heterocycles. The van der Waals surface area contributed by atoms with Crippen LogP contribution in [-0.4, -0.2) is 10.8 Å². The average molecular weight is 318 g/mol. The topological polar surface area (TPSA) is 32.9 Å². The molecule has 3 rings (SSSR count). The maximum absolute atomic E-state index is 13.8. The van der Waals surface area contributed by atoms with Crippen LogP contribution in [0.3, 0.4) is 0 Å². The molecule has 19 heavy (non-hydrogen) atoms. The first kappa shape index (κ1) is 12.1. The van der Waals surface area contributed by atoms with E-state index in [1.165, 1.54) is 6.07 Å². The molecular weight excluding hydrogens is 309 g/mol. The molecule has 0 saturated carbocycles. The van der Waals surface area contributed by atoms with Crippen molar-refractivity contribution in [1.82, 2.24) is 4.98 Å². The monoisotopic (exact) mass is 317 g/mol. The zero-order chi connectivity index (χ0) is 13.4. The fourth-order valence-corrected chi connectivity index (χ4v) is 2.34. The van der Waals surface area contributed by atoms with Crippen molar-refractivity contribution in [1.29, 1.82) is 0 Å². The summed E-state index contributed by atoms with van der Waals surface area (Å²) >= 11 is 3.32. The highest BCUT2D eigenvalue weighted by Gasteiger charge is 2.16. The summed E-state index contributed by atoms with van der Waals surface area (Å²) in [5, 5.41) is 0.343. The van der Waals surface area contributed by atoms with Crippen molar-refractivity contribution in [3.8, 4) is 0 Å². The van der Waals surface area contributed by atoms with Gasteiger partial charge < -0.3 is 4.98 Å². The molecule has 0 aliphatic carbocycles. The summed E-state index contributed by atoms with van der Waals surface area (Å²) in [7, 11) is 0. The van der Waals surface area contributed by atoms with Crippen LogP contribution < -0.4 is 0 Å². The van der Waals surface area contributed by atoms with Crippen molar-refractivity contribution < 1.29 is 9.18 Å². The standard InChI is InChI=1S/C15H9BrFNO/c16-10-6-4-9(5-7-10)15(19)11-8-18-13-3-1-2-12(17)14(11)13/h1-8,18H. The van der Waals surface area contributed by atoms with Crippen LogP contribution in [0, 0.1) is 5.82 Å². The van der Waals surface area contributed by atoms with Crippen molar-refractivity contribution >= 4 is 32.6 Å². The summed E-state index contributed by atoms with van der Waals surface area (Å²) in [6, 6.07) is 11.7. The van der Waals surface area contributed by atoms with Crippen LogP contribution in [0.1, 0.15) is 15.9 Å². The second-order valence-electron chi connectivity index (χ2n) is 4.20. The molecule has 0 spiro atoms. The molecule has 0 fully saturated rings. The second-order valence-corrected chi connectivity index (χ2v) is 5.12. The first-order chi connectivity index (χ1) is 9.16. The Kier molecular flexibility index (Phi) is 2.95. The lowest BCUT2D eigenvalue weighted by Gasteiger charge is -2.01. The molecule has 0 aliphatic rings. The Labute approximate surface area is 117 Å². The predicted octanol–water partition coefficient (Wildman–Crippen LogP) is 4.30. The molecule has 2 nitrogen and oxygen atoms in total. The summed E-state index contributed by atoms with van der Waals surface area (Å²) < 4.78 is 14.7. The molecule has 0 amide bonds. The lowest BCUT2D eigenvalue weighted by atomic mass is 10.0. The number of rotatable bonds is 2. The van der Waals surface area contributed by atoms with Crippen LogP contribution in [0.25, 0.3) is 10.9 Å². The highest BCUT2D eigenvalue weighted by Crippen LogP contribution is 2.24. The molecule has 3 aromatic rings. The van der Waals surface area contributed by atoms with E-state index in [9.17, 15) is 9.18 Å². The van der Waals surface area contributed by atoms with Gasteiger partial charge >= 0.3 is 0 Å². The van der Waals surface area contributed by atoms with Gasteiger partial charge in [-0.15, -0.1) is 0 Å². The zero-order valence-corrected chi connectivity index (χ0v) is 11.4. The number of aromatic amines is 1. The summed E-state index contributed by atoms with van der Waals surface area (Å²) in [6.45, 7) is 0. The van der Waals surface area contributed by atoms with Crippen LogP contribution in [0.15, 0.2) is 53.1 Å². The van der Waals surface area contributed by atoms with Gasteiger partial charge in [-0.3, -0.25) is 4.79 Å². The molecule has 1 N–H and O–H groups in total. The Morgan fingerprint density at radius 1 is 1.11 bits per heavy atom. The van der Waals surface area contributed by atoms with Crippen LogP contribution in [0.4, 0.5) is 4.39 Å². The lowest BCUT2D eigenvalue weighted by molar-refractivity contribution is 0.104. The molecule has 0 aliphatic heterocycles. The molecule has 1 aromatic heterocycles. The van der Waals surface area contributed by atoms with Gasteiger partial charge in [0.15, 0.2) is 5.78 Å². The third-order valence-corrected chi connectivity index (χ3v) is 3.53. The summed E-state index contributed by atoms with van der Waals surface area (Å²) in [6.07, 6.45) is 1.55. The number of aromatic nitrogens is 1. The van der Waals surface area contributed by atoms with E-state index in [0.717, 1.165) is 4.47 Å². The highest BCUT2D eigenvalue weighted by molar-refractivity contribution is 9.10. The largest absolute Gasteiger partial charge is 0.360 e. The normalized spacial score (nSPS) is 10.8. The van der Waals surface area contributed by atoms with Gasteiger partial charge in [-0.25, -0.2) is 4.39 Å². The second kappa shape index (κ2) is 4.63. The smallest absolute Gasteiger partial charge is 0.195 e. The van der Waals surface area contributed by atoms with E-state index in [1.807, 2.05) is 0 Å². The molecule has 2 aromatic carbocycles. The molecule has 94 valence electrons. The maximum atomic E-state index is 13.8. The Hall–Kier alpha value is -1.94. The first-order valence-electron chi connectivity index (χ1n) is 5.72. The van der Waals surface area contributed by atoms with Crippen molar-refractivity contribution in [2.45, 2.75) is 0 Å². The maximum Gasteiger partial charge on any atom is 0.195 e. The van der Waals surface area contributed by atoms with Gasteiger partial charge in [0.25, 0.3) is 0 Å². The number of carbonyl (C=O) groups excluding carboxylic acids is 1. The third-order valence-electron chi connectivity index (χ3n) is 3.01. The number of halogens is 2. The van der Waals surface area contributed by atoms with Gasteiger partial charge in [0, 0.05) is 27.1 Å². The van der Waals surface area contributed by atoms with Crippen molar-refractivity contribution in [3.63, 3.8) is 0 Å². The molecule has 4 heteroatoms. The SMILES string of the molecule is O=C(c1ccc(Br)cc1)c1c[nH]c2cccc(F)c12. The van der Waals surface area contributed by atoms with Gasteiger partial charge in [0.05, 0.1) is 5.56 Å². The number of benzene rings is 2. The van der Waals surface area contributed by atoms with E-state index in [0.29, 0.717) is 22.0 Å². The van der Waals surface area contributed by atoms with Gasteiger partial charge in [-0.2, -0.15) is 0 Å². The Balaban J connectivity index is 2.14. The Bertz CT molecular complexity index is 761. The minimum atomic E-state index is -0.390. The van der Waals surface area contributed by atoms with Crippen molar-refractivity contribution in [2.24, 2.45) is 0 Å². The van der Waals surface area contributed by atoms with Gasteiger partial charge in [-0.05, 0) is 36.4 Å². The lowest BCUT2D eigenvalue weighted by Crippen LogP contribution is -2.00. The van der Waals surface area contributed by atoms with E-state index in [-0.39, 0.29) is 11.6 Å². The quantitative estimate of drug-likeness (QED) is 0.702. The number of carbonyl (C=O) groups is 1. The number of ketones is 1.